The summed E-state index contributed by atoms with van der Waals surface area (Å²) >= 11 is 0. The molecule has 0 spiro atoms. The molecule has 0 bridgehead atoms. The zero-order valence-electron chi connectivity index (χ0n) is 16.1. The number of nitrogens with zero attached hydrogens (tertiary/aromatic N) is 2. The van der Waals surface area contributed by atoms with Crippen LogP contribution in [0.1, 0.15) is 32.4 Å². The minimum atomic E-state index is -0.497. The highest BCUT2D eigenvalue weighted by Crippen LogP contribution is 2.20. The third-order valence-electron chi connectivity index (χ3n) is 5.07. The van der Waals surface area contributed by atoms with Crippen LogP contribution in [0.3, 0.4) is 0 Å². The van der Waals surface area contributed by atoms with Gasteiger partial charge >= 0.3 is 6.03 Å². The van der Waals surface area contributed by atoms with E-state index >= 15 is 0 Å². The number of urea groups is 1. The Hall–Kier alpha value is -1.90. The fourth-order valence-corrected chi connectivity index (χ4v) is 4.02. The lowest BCUT2D eigenvalue weighted by atomic mass is 10.1. The van der Waals surface area contributed by atoms with Gasteiger partial charge in [0.15, 0.2) is 0 Å². The third-order valence-corrected chi connectivity index (χ3v) is 5.07. The number of carbonyl (C=O) groups excluding carboxylic acids is 2. The van der Waals surface area contributed by atoms with Crippen LogP contribution in [0, 0.1) is 0 Å². The fourth-order valence-electron chi connectivity index (χ4n) is 4.02. The van der Waals surface area contributed by atoms with Crippen LogP contribution < -0.4 is 10.6 Å². The van der Waals surface area contributed by atoms with Gasteiger partial charge in [0, 0.05) is 25.7 Å². The summed E-state index contributed by atoms with van der Waals surface area (Å²) in [5.41, 5.74) is 0. The van der Waals surface area contributed by atoms with Crippen LogP contribution in [0.25, 0.3) is 0 Å². The van der Waals surface area contributed by atoms with E-state index in [0.717, 1.165) is 39.0 Å². The average Bonchev–Trinajstić information content (AvgIpc) is 3.24. The van der Waals surface area contributed by atoms with Gasteiger partial charge in [0.05, 0.1) is 31.6 Å². The number of likely N-dealkylation sites (tertiary alicyclic amines) is 1. The van der Waals surface area contributed by atoms with Crippen LogP contribution in [0.15, 0.2) is 22.8 Å². The predicted octanol–water partition coefficient (Wildman–Crippen LogP) is 1.18. The molecule has 3 atom stereocenters. The number of imide groups is 1. The summed E-state index contributed by atoms with van der Waals surface area (Å²) in [4.78, 5) is 28.7. The van der Waals surface area contributed by atoms with Gasteiger partial charge in [-0.25, -0.2) is 4.79 Å². The van der Waals surface area contributed by atoms with Gasteiger partial charge in [-0.1, -0.05) is 0 Å². The molecule has 3 rings (SSSR count). The molecule has 1 aromatic rings. The Morgan fingerprint density at radius 2 is 2.04 bits per heavy atom. The van der Waals surface area contributed by atoms with Gasteiger partial charge in [0.25, 0.3) is 0 Å². The lowest BCUT2D eigenvalue weighted by Crippen LogP contribution is -2.51. The molecule has 2 aliphatic heterocycles. The second-order valence-corrected chi connectivity index (χ2v) is 7.55. The van der Waals surface area contributed by atoms with E-state index < -0.39 is 6.03 Å². The van der Waals surface area contributed by atoms with E-state index in [1.54, 1.807) is 18.4 Å². The van der Waals surface area contributed by atoms with Crippen molar-refractivity contribution in [2.45, 2.75) is 51.5 Å². The van der Waals surface area contributed by atoms with Crippen LogP contribution in [-0.4, -0.2) is 72.7 Å². The van der Waals surface area contributed by atoms with Crippen molar-refractivity contribution in [1.29, 1.82) is 0 Å². The molecule has 0 unspecified atom stereocenters. The maximum atomic E-state index is 12.2. The number of amides is 3. The molecule has 0 aliphatic carbocycles. The Balaban J connectivity index is 1.41. The molecule has 3 amide bonds. The molecule has 2 aliphatic rings. The Morgan fingerprint density at radius 1 is 1.26 bits per heavy atom. The van der Waals surface area contributed by atoms with Crippen molar-refractivity contribution in [3.8, 4) is 0 Å². The number of morpholine rings is 1. The normalized spacial score (nSPS) is 26.8. The quantitative estimate of drug-likeness (QED) is 0.773. The largest absolute Gasteiger partial charge is 0.467 e. The molecular weight excluding hydrogens is 348 g/mol. The summed E-state index contributed by atoms with van der Waals surface area (Å²) in [5.74, 6) is 0.369. The Labute approximate surface area is 160 Å². The molecule has 3 heterocycles. The van der Waals surface area contributed by atoms with Gasteiger partial charge in [-0.05, 0) is 45.4 Å². The molecule has 8 heteroatoms. The minimum Gasteiger partial charge on any atom is -0.467 e. The first-order valence-electron chi connectivity index (χ1n) is 9.71. The van der Waals surface area contributed by atoms with Gasteiger partial charge in [0.2, 0.25) is 5.91 Å². The number of carbonyl (C=O) groups is 2. The number of ether oxygens (including phenoxy) is 1. The zero-order valence-corrected chi connectivity index (χ0v) is 16.1. The Kier molecular flexibility index (Phi) is 6.87. The summed E-state index contributed by atoms with van der Waals surface area (Å²) < 4.78 is 10.9. The molecule has 2 fully saturated rings. The van der Waals surface area contributed by atoms with Crippen LogP contribution in [0.5, 0.6) is 0 Å². The molecule has 2 N–H and O–H groups in total. The van der Waals surface area contributed by atoms with E-state index in [4.69, 9.17) is 9.15 Å². The molecule has 1 aromatic heterocycles. The number of rotatable bonds is 6. The van der Waals surface area contributed by atoms with E-state index in [1.807, 2.05) is 0 Å². The highest BCUT2D eigenvalue weighted by Gasteiger charge is 2.31. The molecule has 2 saturated heterocycles. The summed E-state index contributed by atoms with van der Waals surface area (Å²) in [6.45, 7) is 8.39. The predicted molar refractivity (Wildman–Crippen MR) is 100 cm³/mol. The molecule has 0 aromatic carbocycles. The highest BCUT2D eigenvalue weighted by atomic mass is 16.5. The Bertz CT molecular complexity index is 611. The van der Waals surface area contributed by atoms with Gasteiger partial charge < -0.3 is 14.5 Å². The first-order chi connectivity index (χ1) is 13.0. The molecule has 27 heavy (non-hydrogen) atoms. The van der Waals surface area contributed by atoms with Gasteiger partial charge in [-0.3, -0.25) is 19.9 Å². The number of nitrogens with one attached hydrogen (secondary N) is 2. The van der Waals surface area contributed by atoms with Crippen molar-refractivity contribution in [2.75, 3.05) is 32.7 Å². The van der Waals surface area contributed by atoms with Crippen molar-refractivity contribution in [3.05, 3.63) is 24.2 Å². The van der Waals surface area contributed by atoms with Crippen LogP contribution in [0.2, 0.25) is 0 Å². The van der Waals surface area contributed by atoms with E-state index in [9.17, 15) is 9.59 Å². The monoisotopic (exact) mass is 378 g/mol. The zero-order chi connectivity index (χ0) is 19.2. The molecule has 8 nitrogen and oxygen atoms in total. The standard InChI is InChI=1S/C19H30N4O4/c1-14-10-22(11-15(2)27-14)12-16-5-3-7-23(16)13-18(24)21-19(25)20-9-17-6-4-8-26-17/h4,6,8,14-16H,3,5,7,9-13H2,1-2H3,(H2,20,21,24,25)/t14-,15-,16-/m1/s1. The number of hydrogen-bond donors (Lipinski definition) is 2. The lowest BCUT2D eigenvalue weighted by molar-refractivity contribution is -0.121. The molecule has 0 saturated carbocycles. The van der Waals surface area contributed by atoms with Crippen LogP contribution in [-0.2, 0) is 16.1 Å². The molecule has 150 valence electrons. The SMILES string of the molecule is C[C@@H]1CN(C[C@H]2CCCN2CC(=O)NC(=O)NCc2ccco2)C[C@@H](C)O1. The second kappa shape index (κ2) is 9.34. The van der Waals surface area contributed by atoms with Crippen molar-refractivity contribution < 1.29 is 18.7 Å². The van der Waals surface area contributed by atoms with Crippen molar-refractivity contribution in [1.82, 2.24) is 20.4 Å². The first kappa shape index (κ1) is 19.9. The topological polar surface area (TPSA) is 87.0 Å². The highest BCUT2D eigenvalue weighted by molar-refractivity contribution is 5.95. The summed E-state index contributed by atoms with van der Waals surface area (Å²) in [6, 6.07) is 3.37. The van der Waals surface area contributed by atoms with E-state index in [1.165, 1.54) is 0 Å². The fraction of sp³-hybridized carbons (Fsp3) is 0.684. The van der Waals surface area contributed by atoms with E-state index in [2.05, 4.69) is 34.3 Å². The summed E-state index contributed by atoms with van der Waals surface area (Å²) in [5, 5.41) is 5.02. The first-order valence-corrected chi connectivity index (χ1v) is 9.71. The smallest absolute Gasteiger partial charge is 0.321 e. The molecular formula is C19H30N4O4. The average molecular weight is 378 g/mol. The third kappa shape index (κ3) is 6.05. The van der Waals surface area contributed by atoms with Gasteiger partial charge in [0.1, 0.15) is 5.76 Å². The molecule has 0 radical (unpaired) electrons. The lowest BCUT2D eigenvalue weighted by Gasteiger charge is -2.38. The number of hydrogen-bond acceptors (Lipinski definition) is 6. The summed E-state index contributed by atoms with van der Waals surface area (Å²) in [7, 11) is 0. The summed E-state index contributed by atoms with van der Waals surface area (Å²) in [6.07, 6.45) is 4.19. The van der Waals surface area contributed by atoms with Crippen molar-refractivity contribution >= 4 is 11.9 Å². The minimum absolute atomic E-state index is 0.241. The van der Waals surface area contributed by atoms with Gasteiger partial charge in [-0.15, -0.1) is 0 Å². The van der Waals surface area contributed by atoms with Crippen LogP contribution >= 0.6 is 0 Å². The maximum absolute atomic E-state index is 12.2. The second-order valence-electron chi connectivity index (χ2n) is 7.55. The van der Waals surface area contributed by atoms with E-state index in [-0.39, 0.29) is 31.2 Å². The van der Waals surface area contributed by atoms with Gasteiger partial charge in [-0.2, -0.15) is 0 Å². The maximum Gasteiger partial charge on any atom is 0.321 e. The number of furan rings is 1. The Morgan fingerprint density at radius 3 is 2.74 bits per heavy atom. The van der Waals surface area contributed by atoms with Crippen LogP contribution in [0.4, 0.5) is 4.79 Å². The van der Waals surface area contributed by atoms with Crippen molar-refractivity contribution in [2.24, 2.45) is 0 Å². The van der Waals surface area contributed by atoms with Crippen molar-refractivity contribution in [3.63, 3.8) is 0 Å². The van der Waals surface area contributed by atoms with E-state index in [0.29, 0.717) is 11.8 Å².